The molecule has 0 radical (unpaired) electrons. The lowest BCUT2D eigenvalue weighted by atomic mass is 9.82. The molecule has 0 saturated heterocycles. The zero-order valence-corrected chi connectivity index (χ0v) is 20.6. The number of benzene rings is 5. The first-order valence-corrected chi connectivity index (χ1v) is 12.9. The Morgan fingerprint density at radius 1 is 0.600 bits per heavy atom. The van der Waals surface area contributed by atoms with Crippen molar-refractivity contribution in [2.24, 2.45) is 0 Å². The predicted octanol–water partition coefficient (Wildman–Crippen LogP) is 9.77. The molecule has 1 aromatic heterocycles. The summed E-state index contributed by atoms with van der Waals surface area (Å²) in [6.45, 7) is 4.69. The first-order chi connectivity index (χ1) is 17.1. The molecule has 35 heavy (non-hydrogen) atoms. The summed E-state index contributed by atoms with van der Waals surface area (Å²) in [4.78, 5) is 0. The second-order valence-corrected chi connectivity index (χ2v) is 10.9. The van der Waals surface area contributed by atoms with E-state index in [2.05, 4.69) is 128 Å². The summed E-state index contributed by atoms with van der Waals surface area (Å²) in [7, 11) is 0. The van der Waals surface area contributed by atoms with Gasteiger partial charge in [0.15, 0.2) is 0 Å². The van der Waals surface area contributed by atoms with Crippen molar-refractivity contribution in [3.05, 3.63) is 120 Å². The number of fused-ring (bicyclic) bond motifs is 6. The molecule has 1 heterocycles. The molecule has 0 spiro atoms. The van der Waals surface area contributed by atoms with Crippen molar-refractivity contribution in [2.75, 3.05) is 5.32 Å². The fraction of sp³-hybridized carbons (Fsp3) is 0.0909. The second kappa shape index (κ2) is 7.56. The van der Waals surface area contributed by atoms with Crippen LogP contribution in [0.3, 0.4) is 0 Å². The monoisotopic (exact) mass is 467 g/mol. The van der Waals surface area contributed by atoms with E-state index in [1.54, 1.807) is 0 Å². The Hall–Kier alpha value is -3.88. The summed E-state index contributed by atoms with van der Waals surface area (Å²) < 4.78 is 2.64. The molecule has 7 rings (SSSR count). The molecule has 5 aromatic carbocycles. The van der Waals surface area contributed by atoms with Gasteiger partial charge >= 0.3 is 0 Å². The number of thiophene rings is 1. The Kier molecular flexibility index (Phi) is 4.43. The number of rotatable bonds is 3. The van der Waals surface area contributed by atoms with Gasteiger partial charge in [-0.3, -0.25) is 0 Å². The summed E-state index contributed by atoms with van der Waals surface area (Å²) in [5.74, 6) is 0. The molecular weight excluding hydrogens is 442 g/mol. The van der Waals surface area contributed by atoms with Crippen molar-refractivity contribution in [2.45, 2.75) is 19.3 Å². The average Bonchev–Trinajstić information content (AvgIpc) is 3.39. The Labute approximate surface area is 209 Å². The molecule has 0 atom stereocenters. The molecule has 6 aromatic rings. The van der Waals surface area contributed by atoms with Gasteiger partial charge in [0.1, 0.15) is 0 Å². The highest BCUT2D eigenvalue weighted by atomic mass is 32.1. The van der Waals surface area contributed by atoms with Crippen LogP contribution in [0.4, 0.5) is 11.4 Å². The third kappa shape index (κ3) is 3.07. The van der Waals surface area contributed by atoms with E-state index < -0.39 is 0 Å². The van der Waals surface area contributed by atoms with Crippen LogP contribution < -0.4 is 5.32 Å². The van der Waals surface area contributed by atoms with Crippen molar-refractivity contribution in [1.82, 2.24) is 0 Å². The molecule has 2 heteroatoms. The Bertz CT molecular complexity index is 1740. The van der Waals surface area contributed by atoms with E-state index in [9.17, 15) is 0 Å². The van der Waals surface area contributed by atoms with Gasteiger partial charge in [-0.05, 0) is 52.1 Å². The predicted molar refractivity (Wildman–Crippen MR) is 152 cm³/mol. The van der Waals surface area contributed by atoms with Gasteiger partial charge in [-0.2, -0.15) is 0 Å². The van der Waals surface area contributed by atoms with Gasteiger partial charge in [0.2, 0.25) is 0 Å². The van der Waals surface area contributed by atoms with Gasteiger partial charge in [-0.15, -0.1) is 11.3 Å². The molecule has 0 amide bonds. The molecular formula is C33H25NS. The number of nitrogens with one attached hydrogen (secondary N) is 1. The van der Waals surface area contributed by atoms with Gasteiger partial charge in [0.25, 0.3) is 0 Å². The number of anilines is 2. The quantitative estimate of drug-likeness (QED) is 0.273. The number of hydrogen-bond acceptors (Lipinski definition) is 2. The van der Waals surface area contributed by atoms with Crippen LogP contribution in [-0.4, -0.2) is 0 Å². The zero-order chi connectivity index (χ0) is 23.6. The largest absolute Gasteiger partial charge is 0.354 e. The highest BCUT2D eigenvalue weighted by molar-refractivity contribution is 7.26. The minimum Gasteiger partial charge on any atom is -0.354 e. The molecule has 1 N–H and O–H groups in total. The molecule has 0 bridgehead atoms. The molecule has 1 nitrogen and oxygen atoms in total. The van der Waals surface area contributed by atoms with Crippen LogP contribution in [0.15, 0.2) is 109 Å². The smallest absolute Gasteiger partial charge is 0.0590 e. The number of hydrogen-bond donors (Lipinski definition) is 1. The standard InChI is InChI=1S/C33H25NS/c1-33(2)26-19-18-22(21-10-4-3-5-11-21)20-25(26)31-27(33)14-9-15-28(31)34-29-16-8-13-24-23-12-6-7-17-30(23)35-32(24)29/h3-20,34H,1-2H3. The Morgan fingerprint density at radius 2 is 1.34 bits per heavy atom. The van der Waals surface area contributed by atoms with E-state index in [0.29, 0.717) is 0 Å². The highest BCUT2D eigenvalue weighted by Crippen LogP contribution is 2.53. The van der Waals surface area contributed by atoms with Crippen molar-refractivity contribution in [3.63, 3.8) is 0 Å². The fourth-order valence-electron chi connectivity index (χ4n) is 5.71. The third-order valence-corrected chi connectivity index (χ3v) is 8.70. The van der Waals surface area contributed by atoms with Crippen molar-refractivity contribution in [1.29, 1.82) is 0 Å². The van der Waals surface area contributed by atoms with Gasteiger partial charge in [0, 0.05) is 32.1 Å². The molecule has 1 aliphatic rings. The SMILES string of the molecule is CC1(C)c2ccc(-c3ccccc3)cc2-c2c(Nc3cccc4c3sc3ccccc34)cccc21. The van der Waals surface area contributed by atoms with Crippen molar-refractivity contribution < 1.29 is 0 Å². The first-order valence-electron chi connectivity index (χ1n) is 12.1. The topological polar surface area (TPSA) is 12.0 Å². The van der Waals surface area contributed by atoms with Crippen LogP contribution >= 0.6 is 11.3 Å². The van der Waals surface area contributed by atoms with Gasteiger partial charge < -0.3 is 5.32 Å². The summed E-state index contributed by atoms with van der Waals surface area (Å²) in [5, 5.41) is 6.50. The normalized spacial score (nSPS) is 13.7. The van der Waals surface area contributed by atoms with Gasteiger partial charge in [0.05, 0.1) is 10.4 Å². The first kappa shape index (κ1) is 20.5. The summed E-state index contributed by atoms with van der Waals surface area (Å²) in [6.07, 6.45) is 0. The summed E-state index contributed by atoms with van der Waals surface area (Å²) >= 11 is 1.86. The van der Waals surface area contributed by atoms with E-state index in [1.807, 2.05) is 11.3 Å². The van der Waals surface area contributed by atoms with Gasteiger partial charge in [-0.1, -0.05) is 98.8 Å². The van der Waals surface area contributed by atoms with E-state index in [4.69, 9.17) is 0 Å². The lowest BCUT2D eigenvalue weighted by Gasteiger charge is -2.22. The van der Waals surface area contributed by atoms with Crippen molar-refractivity contribution >= 4 is 42.9 Å². The average molecular weight is 468 g/mol. The highest BCUT2D eigenvalue weighted by Gasteiger charge is 2.37. The minimum atomic E-state index is -0.0405. The lowest BCUT2D eigenvalue weighted by Crippen LogP contribution is -2.14. The lowest BCUT2D eigenvalue weighted by molar-refractivity contribution is 0.660. The molecule has 1 aliphatic carbocycles. The Morgan fingerprint density at radius 3 is 2.23 bits per heavy atom. The molecule has 0 unspecified atom stereocenters. The van der Waals surface area contributed by atoms with E-state index >= 15 is 0 Å². The Balaban J connectivity index is 1.41. The minimum absolute atomic E-state index is 0.0405. The third-order valence-electron chi connectivity index (χ3n) is 7.48. The molecule has 0 aliphatic heterocycles. The molecule has 168 valence electrons. The van der Waals surface area contributed by atoms with Crippen LogP contribution in [0.25, 0.3) is 42.4 Å². The maximum atomic E-state index is 3.86. The maximum Gasteiger partial charge on any atom is 0.0590 e. The fourth-order valence-corrected chi connectivity index (χ4v) is 6.88. The van der Waals surface area contributed by atoms with Gasteiger partial charge in [-0.25, -0.2) is 0 Å². The molecule has 0 saturated carbocycles. The summed E-state index contributed by atoms with van der Waals surface area (Å²) in [5.41, 5.74) is 10.2. The van der Waals surface area contributed by atoms with Crippen LogP contribution in [0.5, 0.6) is 0 Å². The summed E-state index contributed by atoms with van der Waals surface area (Å²) in [6, 6.07) is 39.7. The second-order valence-electron chi connectivity index (χ2n) is 9.89. The van der Waals surface area contributed by atoms with Crippen LogP contribution in [-0.2, 0) is 5.41 Å². The maximum absolute atomic E-state index is 3.86. The van der Waals surface area contributed by atoms with E-state index in [0.717, 1.165) is 0 Å². The van der Waals surface area contributed by atoms with E-state index in [1.165, 1.54) is 64.9 Å². The van der Waals surface area contributed by atoms with Crippen LogP contribution in [0.1, 0.15) is 25.0 Å². The molecule has 0 fully saturated rings. The van der Waals surface area contributed by atoms with E-state index in [-0.39, 0.29) is 5.41 Å². The van der Waals surface area contributed by atoms with Crippen molar-refractivity contribution in [3.8, 4) is 22.3 Å². The van der Waals surface area contributed by atoms with Crippen LogP contribution in [0.2, 0.25) is 0 Å². The zero-order valence-electron chi connectivity index (χ0n) is 19.8. The van der Waals surface area contributed by atoms with Crippen LogP contribution in [0, 0.1) is 0 Å².